The third-order valence-electron chi connectivity index (χ3n) is 5.45. The van der Waals surface area contributed by atoms with Gasteiger partial charge in [0.1, 0.15) is 0 Å². The molecule has 2 amide bonds. The summed E-state index contributed by atoms with van der Waals surface area (Å²) in [6, 6.07) is 8.53. The molecule has 0 saturated heterocycles. The van der Waals surface area contributed by atoms with E-state index in [0.717, 1.165) is 17.1 Å². The molecule has 1 atom stereocenters. The molecule has 0 fully saturated rings. The first-order valence-corrected chi connectivity index (χ1v) is 10.5. The minimum atomic E-state index is -0.745. The summed E-state index contributed by atoms with van der Waals surface area (Å²) in [6.07, 6.45) is 7.89. The molecule has 0 spiro atoms. The van der Waals surface area contributed by atoms with Crippen LogP contribution in [0.1, 0.15) is 53.4 Å². The molecule has 1 unspecified atom stereocenters. The average Bonchev–Trinajstić information content (AvgIpc) is 3.23. The Labute approximate surface area is 181 Å². The highest BCUT2D eigenvalue weighted by Crippen LogP contribution is 2.32. The van der Waals surface area contributed by atoms with Crippen LogP contribution < -0.4 is 5.32 Å². The summed E-state index contributed by atoms with van der Waals surface area (Å²) in [6.45, 7) is 4.94. The molecule has 1 aliphatic rings. The van der Waals surface area contributed by atoms with Gasteiger partial charge in [0.05, 0.1) is 23.3 Å². The Bertz CT molecular complexity index is 1050. The second-order valence-corrected chi connectivity index (χ2v) is 7.83. The van der Waals surface area contributed by atoms with Crippen LogP contribution in [0.2, 0.25) is 0 Å². The highest BCUT2D eigenvalue weighted by Gasteiger charge is 2.39. The lowest BCUT2D eigenvalue weighted by molar-refractivity contribution is -0.126. The zero-order valence-corrected chi connectivity index (χ0v) is 17.7. The lowest BCUT2D eigenvalue weighted by Crippen LogP contribution is -2.48. The third kappa shape index (κ3) is 4.33. The molecule has 1 aliphatic heterocycles. The lowest BCUT2D eigenvalue weighted by Gasteiger charge is -2.36. The van der Waals surface area contributed by atoms with Gasteiger partial charge in [-0.2, -0.15) is 0 Å². The summed E-state index contributed by atoms with van der Waals surface area (Å²) >= 11 is 0. The number of imidazole rings is 1. The van der Waals surface area contributed by atoms with E-state index in [0.29, 0.717) is 31.5 Å². The topological polar surface area (TPSA) is 93.0 Å². The van der Waals surface area contributed by atoms with Crippen molar-refractivity contribution >= 4 is 11.8 Å². The molecular weight excluding hydrogens is 392 g/mol. The molecule has 8 heteroatoms. The largest absolute Gasteiger partial charge is 0.354 e. The van der Waals surface area contributed by atoms with E-state index < -0.39 is 6.04 Å². The average molecular weight is 419 g/mol. The third-order valence-corrected chi connectivity index (χ3v) is 5.45. The van der Waals surface area contributed by atoms with Crippen LogP contribution in [0.25, 0.3) is 0 Å². The molecule has 31 heavy (non-hydrogen) atoms. The number of aromatic nitrogens is 4. The highest BCUT2D eigenvalue weighted by atomic mass is 16.2. The highest BCUT2D eigenvalue weighted by molar-refractivity contribution is 5.98. The van der Waals surface area contributed by atoms with Crippen LogP contribution >= 0.6 is 0 Å². The van der Waals surface area contributed by atoms with Gasteiger partial charge in [-0.25, -0.2) is 4.98 Å². The maximum Gasteiger partial charge on any atom is 0.256 e. The van der Waals surface area contributed by atoms with Crippen LogP contribution in [0, 0.1) is 0 Å². The number of pyridine rings is 2. The quantitative estimate of drug-likeness (QED) is 0.663. The summed E-state index contributed by atoms with van der Waals surface area (Å²) in [4.78, 5) is 41.2. The Morgan fingerprint density at radius 1 is 1.16 bits per heavy atom. The SMILES string of the molecule is CC(C)n1cnc2c1C(C(=O)NCCc1ccccn1)N(C(=O)c1cccnc1)CC2. The molecule has 3 aromatic heterocycles. The van der Waals surface area contributed by atoms with E-state index >= 15 is 0 Å². The molecule has 0 radical (unpaired) electrons. The van der Waals surface area contributed by atoms with Crippen molar-refractivity contribution in [2.75, 3.05) is 13.1 Å². The Hall–Kier alpha value is -3.55. The van der Waals surface area contributed by atoms with Crippen molar-refractivity contribution in [2.24, 2.45) is 0 Å². The van der Waals surface area contributed by atoms with Crippen LogP contribution in [-0.2, 0) is 17.6 Å². The van der Waals surface area contributed by atoms with Gasteiger partial charge < -0.3 is 14.8 Å². The number of hydrogen-bond acceptors (Lipinski definition) is 5. The number of nitrogens with zero attached hydrogens (tertiary/aromatic N) is 5. The molecule has 0 saturated carbocycles. The fourth-order valence-electron chi connectivity index (χ4n) is 3.91. The van der Waals surface area contributed by atoms with Crippen LogP contribution in [0.5, 0.6) is 0 Å². The Balaban J connectivity index is 1.61. The first-order valence-electron chi connectivity index (χ1n) is 10.5. The molecule has 0 aromatic carbocycles. The Morgan fingerprint density at radius 3 is 2.74 bits per heavy atom. The second kappa shape index (κ2) is 9.07. The van der Waals surface area contributed by atoms with Crippen molar-refractivity contribution in [3.63, 3.8) is 0 Å². The molecule has 160 valence electrons. The molecular formula is C23H26N6O2. The molecule has 0 aliphatic carbocycles. The minimum absolute atomic E-state index is 0.119. The normalized spacial score (nSPS) is 15.6. The molecule has 0 bridgehead atoms. The zero-order valence-electron chi connectivity index (χ0n) is 17.7. The Morgan fingerprint density at radius 2 is 2.03 bits per heavy atom. The number of fused-ring (bicyclic) bond motifs is 1. The maximum absolute atomic E-state index is 13.4. The molecule has 4 heterocycles. The fourth-order valence-corrected chi connectivity index (χ4v) is 3.91. The predicted octanol–water partition coefficient (Wildman–Crippen LogP) is 2.35. The van der Waals surface area contributed by atoms with Crippen LogP contribution in [-0.4, -0.2) is 49.3 Å². The van der Waals surface area contributed by atoms with Gasteiger partial charge in [0, 0.05) is 56.3 Å². The number of carbonyl (C=O) groups is 2. The van der Waals surface area contributed by atoms with Crippen LogP contribution in [0.15, 0.2) is 55.2 Å². The smallest absolute Gasteiger partial charge is 0.256 e. The Kier molecular flexibility index (Phi) is 6.06. The number of carbonyl (C=O) groups excluding carboxylic acids is 2. The van der Waals surface area contributed by atoms with E-state index in [4.69, 9.17) is 0 Å². The summed E-state index contributed by atoms with van der Waals surface area (Å²) in [7, 11) is 0. The van der Waals surface area contributed by atoms with Gasteiger partial charge in [-0.05, 0) is 38.1 Å². The van der Waals surface area contributed by atoms with Crippen LogP contribution in [0.4, 0.5) is 0 Å². The second-order valence-electron chi connectivity index (χ2n) is 7.83. The van der Waals surface area contributed by atoms with Gasteiger partial charge in [-0.1, -0.05) is 6.07 Å². The number of hydrogen-bond donors (Lipinski definition) is 1. The van der Waals surface area contributed by atoms with E-state index in [-0.39, 0.29) is 17.9 Å². The standard InChI is InChI=1S/C23H26N6O2/c1-16(2)29-15-27-19-9-13-28(23(31)17-6-5-10-24-14-17)21(20(19)29)22(30)26-12-8-18-7-3-4-11-25-18/h3-7,10-11,14-16,21H,8-9,12-13H2,1-2H3,(H,26,30). The minimum Gasteiger partial charge on any atom is -0.354 e. The maximum atomic E-state index is 13.4. The molecule has 3 aromatic rings. The summed E-state index contributed by atoms with van der Waals surface area (Å²) < 4.78 is 1.99. The van der Waals surface area contributed by atoms with E-state index in [1.807, 2.05) is 36.6 Å². The monoisotopic (exact) mass is 418 g/mol. The van der Waals surface area contributed by atoms with E-state index in [2.05, 4.69) is 20.3 Å². The van der Waals surface area contributed by atoms with E-state index in [1.165, 1.54) is 6.20 Å². The van der Waals surface area contributed by atoms with Crippen molar-refractivity contribution in [3.05, 3.63) is 77.9 Å². The van der Waals surface area contributed by atoms with Gasteiger partial charge in [-0.3, -0.25) is 19.6 Å². The number of nitrogens with one attached hydrogen (secondary N) is 1. The zero-order chi connectivity index (χ0) is 21.8. The molecule has 4 rings (SSSR count). The first kappa shape index (κ1) is 20.7. The van der Waals surface area contributed by atoms with Crippen LogP contribution in [0.3, 0.4) is 0 Å². The summed E-state index contributed by atoms with van der Waals surface area (Å²) in [5.41, 5.74) is 3.03. The van der Waals surface area contributed by atoms with Gasteiger partial charge in [0.25, 0.3) is 5.91 Å². The van der Waals surface area contributed by atoms with Crippen molar-refractivity contribution in [1.29, 1.82) is 0 Å². The predicted molar refractivity (Wildman–Crippen MR) is 115 cm³/mol. The van der Waals surface area contributed by atoms with Gasteiger partial charge in [0.15, 0.2) is 6.04 Å². The van der Waals surface area contributed by atoms with E-state index in [9.17, 15) is 9.59 Å². The first-order chi connectivity index (χ1) is 15.1. The van der Waals surface area contributed by atoms with Crippen molar-refractivity contribution in [2.45, 2.75) is 38.8 Å². The molecule has 1 N–H and O–H groups in total. The van der Waals surface area contributed by atoms with Gasteiger partial charge in [-0.15, -0.1) is 0 Å². The van der Waals surface area contributed by atoms with Gasteiger partial charge in [0.2, 0.25) is 5.91 Å². The fraction of sp³-hybridized carbons (Fsp3) is 0.348. The van der Waals surface area contributed by atoms with Crippen molar-refractivity contribution < 1.29 is 9.59 Å². The van der Waals surface area contributed by atoms with E-state index in [1.54, 1.807) is 35.8 Å². The molecule has 8 nitrogen and oxygen atoms in total. The number of amides is 2. The summed E-state index contributed by atoms with van der Waals surface area (Å²) in [5, 5.41) is 3.00. The lowest BCUT2D eigenvalue weighted by atomic mass is 9.99. The van der Waals surface area contributed by atoms with Crippen molar-refractivity contribution in [1.82, 2.24) is 29.7 Å². The number of rotatable bonds is 6. The van der Waals surface area contributed by atoms with Gasteiger partial charge >= 0.3 is 0 Å². The summed E-state index contributed by atoms with van der Waals surface area (Å²) in [5.74, 6) is -0.420. The van der Waals surface area contributed by atoms with Crippen molar-refractivity contribution in [3.8, 4) is 0 Å².